The molecular formula is C15H21BrN2O2S. The first-order chi connectivity index (χ1) is 9.95. The lowest BCUT2D eigenvalue weighted by atomic mass is 10.2. The highest BCUT2D eigenvalue weighted by Crippen LogP contribution is 2.33. The van der Waals surface area contributed by atoms with E-state index in [9.17, 15) is 8.42 Å². The lowest BCUT2D eigenvalue weighted by Gasteiger charge is -2.15. The third-order valence-electron chi connectivity index (χ3n) is 4.13. The molecule has 1 aromatic rings. The van der Waals surface area contributed by atoms with Gasteiger partial charge in [0.25, 0.3) is 0 Å². The SMILES string of the molecule is CC(NS(=O)(=O)c1cc(CNC2CC2)ccc1Br)C1CC1. The van der Waals surface area contributed by atoms with Crippen LogP contribution in [0.15, 0.2) is 27.6 Å². The molecule has 0 aliphatic heterocycles. The van der Waals surface area contributed by atoms with Crippen molar-refractivity contribution in [2.24, 2.45) is 5.92 Å². The van der Waals surface area contributed by atoms with Gasteiger partial charge in [0, 0.05) is 23.1 Å². The zero-order valence-corrected chi connectivity index (χ0v) is 14.5. The summed E-state index contributed by atoms with van der Waals surface area (Å²) in [4.78, 5) is 0.338. The van der Waals surface area contributed by atoms with E-state index >= 15 is 0 Å². The topological polar surface area (TPSA) is 58.2 Å². The fraction of sp³-hybridized carbons (Fsp3) is 0.600. The highest BCUT2D eigenvalue weighted by Gasteiger charge is 2.32. The summed E-state index contributed by atoms with van der Waals surface area (Å²) >= 11 is 3.36. The zero-order chi connectivity index (χ0) is 15.0. The van der Waals surface area contributed by atoms with Crippen molar-refractivity contribution >= 4 is 26.0 Å². The molecule has 0 saturated heterocycles. The number of benzene rings is 1. The van der Waals surface area contributed by atoms with Crippen LogP contribution in [0, 0.1) is 5.92 Å². The van der Waals surface area contributed by atoms with Gasteiger partial charge in [-0.3, -0.25) is 0 Å². The maximum absolute atomic E-state index is 12.5. The maximum Gasteiger partial charge on any atom is 0.241 e. The molecule has 1 unspecified atom stereocenters. The van der Waals surface area contributed by atoms with E-state index in [2.05, 4.69) is 26.0 Å². The molecule has 116 valence electrons. The zero-order valence-electron chi connectivity index (χ0n) is 12.1. The molecule has 4 nitrogen and oxygen atoms in total. The van der Waals surface area contributed by atoms with Crippen LogP contribution < -0.4 is 10.0 Å². The molecule has 21 heavy (non-hydrogen) atoms. The molecule has 2 aliphatic carbocycles. The second-order valence-corrected chi connectivity index (χ2v) is 8.70. The monoisotopic (exact) mass is 372 g/mol. The summed E-state index contributed by atoms with van der Waals surface area (Å²) in [5.41, 5.74) is 1.00. The molecule has 2 fully saturated rings. The van der Waals surface area contributed by atoms with Gasteiger partial charge in [-0.15, -0.1) is 0 Å². The average molecular weight is 373 g/mol. The smallest absolute Gasteiger partial charge is 0.241 e. The van der Waals surface area contributed by atoms with Crippen LogP contribution in [0.25, 0.3) is 0 Å². The Morgan fingerprint density at radius 2 is 2.00 bits per heavy atom. The van der Waals surface area contributed by atoms with Gasteiger partial charge < -0.3 is 5.32 Å². The van der Waals surface area contributed by atoms with Gasteiger partial charge in [0.05, 0.1) is 4.90 Å². The highest BCUT2D eigenvalue weighted by atomic mass is 79.9. The minimum atomic E-state index is -3.47. The van der Waals surface area contributed by atoms with Crippen molar-refractivity contribution in [3.8, 4) is 0 Å². The van der Waals surface area contributed by atoms with Crippen molar-refractivity contribution < 1.29 is 8.42 Å². The first-order valence-electron chi connectivity index (χ1n) is 7.50. The van der Waals surface area contributed by atoms with Gasteiger partial charge >= 0.3 is 0 Å². The second-order valence-electron chi connectivity index (χ2n) is 6.17. The van der Waals surface area contributed by atoms with Crippen LogP contribution in [0.3, 0.4) is 0 Å². The summed E-state index contributed by atoms with van der Waals surface area (Å²) in [6.07, 6.45) is 4.69. The maximum atomic E-state index is 12.5. The van der Waals surface area contributed by atoms with Crippen LogP contribution in [0.1, 0.15) is 38.2 Å². The van der Waals surface area contributed by atoms with Gasteiger partial charge in [0.1, 0.15) is 0 Å². The highest BCUT2D eigenvalue weighted by molar-refractivity contribution is 9.10. The van der Waals surface area contributed by atoms with Crippen molar-refractivity contribution in [1.82, 2.24) is 10.0 Å². The molecule has 0 bridgehead atoms. The van der Waals surface area contributed by atoms with Crippen molar-refractivity contribution in [3.63, 3.8) is 0 Å². The normalized spacial score (nSPS) is 20.5. The molecule has 6 heteroatoms. The van der Waals surface area contributed by atoms with Crippen molar-refractivity contribution in [2.45, 2.75) is 56.1 Å². The Bertz CT molecular complexity index is 625. The summed E-state index contributed by atoms with van der Waals surface area (Å²) in [5.74, 6) is 0.498. The van der Waals surface area contributed by atoms with Crippen LogP contribution in [0.2, 0.25) is 0 Å². The summed E-state index contributed by atoms with van der Waals surface area (Å²) in [7, 11) is -3.47. The van der Waals surface area contributed by atoms with Gasteiger partial charge in [-0.25, -0.2) is 13.1 Å². The van der Waals surface area contributed by atoms with E-state index in [0.717, 1.165) is 24.9 Å². The Labute approximate surface area is 134 Å². The van der Waals surface area contributed by atoms with E-state index in [4.69, 9.17) is 0 Å². The second kappa shape index (κ2) is 5.99. The van der Waals surface area contributed by atoms with Gasteiger partial charge in [-0.1, -0.05) is 6.07 Å². The minimum absolute atomic E-state index is 0.00939. The predicted molar refractivity (Wildman–Crippen MR) is 86.5 cm³/mol. The molecular weight excluding hydrogens is 352 g/mol. The van der Waals surface area contributed by atoms with Gasteiger partial charge in [-0.2, -0.15) is 0 Å². The van der Waals surface area contributed by atoms with Crippen LogP contribution in [-0.4, -0.2) is 20.5 Å². The van der Waals surface area contributed by atoms with Crippen molar-refractivity contribution in [1.29, 1.82) is 0 Å². The Balaban J connectivity index is 1.76. The van der Waals surface area contributed by atoms with Crippen molar-refractivity contribution in [3.05, 3.63) is 28.2 Å². The number of nitrogens with one attached hydrogen (secondary N) is 2. The number of hydrogen-bond donors (Lipinski definition) is 2. The molecule has 0 spiro atoms. The molecule has 2 aliphatic rings. The Morgan fingerprint density at radius 3 is 2.62 bits per heavy atom. The summed E-state index contributed by atoms with van der Waals surface area (Å²) < 4.78 is 28.5. The van der Waals surface area contributed by atoms with E-state index in [1.54, 1.807) is 6.07 Å². The quantitative estimate of drug-likeness (QED) is 0.773. The van der Waals surface area contributed by atoms with Crippen LogP contribution in [-0.2, 0) is 16.6 Å². The molecule has 3 rings (SSSR count). The summed E-state index contributed by atoms with van der Waals surface area (Å²) in [6, 6.07) is 6.17. The fourth-order valence-electron chi connectivity index (χ4n) is 2.41. The number of halogens is 1. The number of rotatable bonds is 7. The van der Waals surface area contributed by atoms with Crippen molar-refractivity contribution in [2.75, 3.05) is 0 Å². The molecule has 0 heterocycles. The molecule has 0 radical (unpaired) electrons. The standard InChI is InChI=1S/C15H21BrN2O2S/c1-10(12-3-4-12)18-21(19,20)15-8-11(2-7-14(15)16)9-17-13-5-6-13/h2,7-8,10,12-13,17-18H,3-6,9H2,1H3. The van der Waals surface area contributed by atoms with E-state index in [-0.39, 0.29) is 6.04 Å². The van der Waals surface area contributed by atoms with E-state index in [1.807, 2.05) is 19.1 Å². The summed E-state index contributed by atoms with van der Waals surface area (Å²) in [5, 5.41) is 3.41. The summed E-state index contributed by atoms with van der Waals surface area (Å²) in [6.45, 7) is 2.67. The predicted octanol–water partition coefficient (Wildman–Crippen LogP) is 2.78. The molecule has 2 N–H and O–H groups in total. The van der Waals surface area contributed by atoms with E-state index in [0.29, 0.717) is 21.3 Å². The Hall–Kier alpha value is -0.430. The lowest BCUT2D eigenvalue weighted by Crippen LogP contribution is -2.34. The minimum Gasteiger partial charge on any atom is -0.310 e. The average Bonchev–Trinajstić information content (AvgIpc) is 3.27. The van der Waals surface area contributed by atoms with Crippen LogP contribution in [0.4, 0.5) is 0 Å². The number of hydrogen-bond acceptors (Lipinski definition) is 3. The fourth-order valence-corrected chi connectivity index (χ4v) is 4.74. The molecule has 0 aromatic heterocycles. The Kier molecular flexibility index (Phi) is 4.41. The lowest BCUT2D eigenvalue weighted by molar-refractivity contribution is 0.537. The van der Waals surface area contributed by atoms with Gasteiger partial charge in [0.15, 0.2) is 0 Å². The van der Waals surface area contributed by atoms with E-state index in [1.165, 1.54) is 12.8 Å². The van der Waals surface area contributed by atoms with Crippen LogP contribution in [0.5, 0.6) is 0 Å². The largest absolute Gasteiger partial charge is 0.310 e. The molecule has 1 aromatic carbocycles. The number of sulfonamides is 1. The third-order valence-corrected chi connectivity index (χ3v) is 6.68. The molecule has 2 saturated carbocycles. The molecule has 1 atom stereocenters. The van der Waals surface area contributed by atoms with Crippen LogP contribution >= 0.6 is 15.9 Å². The van der Waals surface area contributed by atoms with E-state index < -0.39 is 10.0 Å². The Morgan fingerprint density at radius 1 is 1.29 bits per heavy atom. The van der Waals surface area contributed by atoms with Gasteiger partial charge in [0.2, 0.25) is 10.0 Å². The first-order valence-corrected chi connectivity index (χ1v) is 9.77. The third kappa shape index (κ3) is 4.06. The van der Waals surface area contributed by atoms with Gasteiger partial charge in [-0.05, 0) is 72.2 Å². The first kappa shape index (κ1) is 15.5. The molecule has 0 amide bonds.